The van der Waals surface area contributed by atoms with Gasteiger partial charge in [-0.15, -0.1) is 11.3 Å². The molecule has 5 rings (SSSR count). The van der Waals surface area contributed by atoms with E-state index in [9.17, 15) is 4.79 Å². The number of fused-ring (bicyclic) bond motifs is 3. The SMILES string of the molecule is Cc1ccc(C(=O)CSc2nc(C3CC3)nc3sc4c(c23)CCCC4)cc1. The van der Waals surface area contributed by atoms with Crippen LogP contribution >= 0.6 is 23.1 Å². The van der Waals surface area contributed by atoms with Gasteiger partial charge in [0.15, 0.2) is 5.78 Å². The number of nitrogens with zero attached hydrogens (tertiary/aromatic N) is 2. The van der Waals surface area contributed by atoms with Crippen molar-refractivity contribution in [3.63, 3.8) is 0 Å². The highest BCUT2D eigenvalue weighted by Crippen LogP contribution is 2.44. The lowest BCUT2D eigenvalue weighted by Crippen LogP contribution is -2.04. The molecule has 0 unspecified atom stereocenters. The zero-order chi connectivity index (χ0) is 18.4. The third kappa shape index (κ3) is 3.43. The van der Waals surface area contributed by atoms with E-state index in [4.69, 9.17) is 9.97 Å². The molecule has 0 atom stereocenters. The molecule has 0 spiro atoms. The maximum atomic E-state index is 12.7. The summed E-state index contributed by atoms with van der Waals surface area (Å²) in [5.74, 6) is 2.13. The van der Waals surface area contributed by atoms with Gasteiger partial charge in [0.1, 0.15) is 15.7 Å². The zero-order valence-corrected chi connectivity index (χ0v) is 17.1. The van der Waals surface area contributed by atoms with Gasteiger partial charge in [0.05, 0.1) is 5.75 Å². The summed E-state index contributed by atoms with van der Waals surface area (Å²) in [6.07, 6.45) is 7.21. The first-order valence-corrected chi connectivity index (χ1v) is 11.5. The molecule has 1 fully saturated rings. The molecule has 1 aromatic carbocycles. The highest BCUT2D eigenvalue weighted by Gasteiger charge is 2.29. The largest absolute Gasteiger partial charge is 0.293 e. The van der Waals surface area contributed by atoms with Crippen LogP contribution in [0.3, 0.4) is 0 Å². The van der Waals surface area contributed by atoms with Crippen molar-refractivity contribution in [1.82, 2.24) is 9.97 Å². The number of aromatic nitrogens is 2. The summed E-state index contributed by atoms with van der Waals surface area (Å²) in [6.45, 7) is 2.04. The number of ketones is 1. The number of carbonyl (C=O) groups excluding carboxylic acids is 1. The summed E-state index contributed by atoms with van der Waals surface area (Å²) < 4.78 is 0. The van der Waals surface area contributed by atoms with Crippen LogP contribution in [0.15, 0.2) is 29.3 Å². The molecule has 2 aliphatic rings. The van der Waals surface area contributed by atoms with Crippen LogP contribution in [0.25, 0.3) is 10.2 Å². The number of thiophene rings is 1. The highest BCUT2D eigenvalue weighted by molar-refractivity contribution is 8.00. The Morgan fingerprint density at radius 1 is 1.15 bits per heavy atom. The Kier molecular flexibility index (Phi) is 4.52. The standard InChI is InChI=1S/C22H22N2OS2/c1-13-6-8-14(9-7-13)17(25)12-26-21-19-16-4-2-3-5-18(16)27-22(19)24-20(23-21)15-10-11-15/h6-9,15H,2-5,10-12H2,1H3. The Morgan fingerprint density at radius 2 is 1.93 bits per heavy atom. The quantitative estimate of drug-likeness (QED) is 0.315. The summed E-state index contributed by atoms with van der Waals surface area (Å²) in [7, 11) is 0. The topological polar surface area (TPSA) is 42.9 Å². The van der Waals surface area contributed by atoms with Crippen LogP contribution in [0.1, 0.15) is 63.8 Å². The lowest BCUT2D eigenvalue weighted by atomic mass is 9.97. The molecule has 0 aliphatic heterocycles. The molecule has 2 aliphatic carbocycles. The first-order chi connectivity index (χ1) is 13.2. The van der Waals surface area contributed by atoms with Gasteiger partial charge >= 0.3 is 0 Å². The normalized spacial score (nSPS) is 16.5. The molecule has 1 saturated carbocycles. The molecule has 5 heteroatoms. The molecule has 0 amide bonds. The molecule has 3 nitrogen and oxygen atoms in total. The van der Waals surface area contributed by atoms with Gasteiger partial charge in [-0.1, -0.05) is 41.6 Å². The fraction of sp³-hybridized carbons (Fsp3) is 0.409. The summed E-state index contributed by atoms with van der Waals surface area (Å²) in [4.78, 5) is 25.1. The first-order valence-electron chi connectivity index (χ1n) is 9.74. The van der Waals surface area contributed by atoms with Gasteiger partial charge in [-0.3, -0.25) is 4.79 Å². The van der Waals surface area contributed by atoms with Crippen LogP contribution in [-0.4, -0.2) is 21.5 Å². The van der Waals surface area contributed by atoms with E-state index in [1.165, 1.54) is 53.5 Å². The Labute approximate surface area is 167 Å². The maximum Gasteiger partial charge on any atom is 0.173 e. The van der Waals surface area contributed by atoms with E-state index in [2.05, 4.69) is 0 Å². The highest BCUT2D eigenvalue weighted by atomic mass is 32.2. The molecular weight excluding hydrogens is 372 g/mol. The van der Waals surface area contributed by atoms with Crippen molar-refractivity contribution in [2.75, 3.05) is 5.75 Å². The fourth-order valence-corrected chi connectivity index (χ4v) is 6.01. The number of aryl methyl sites for hydroxylation is 3. The number of hydrogen-bond donors (Lipinski definition) is 0. The van der Waals surface area contributed by atoms with Gasteiger partial charge in [-0.2, -0.15) is 0 Å². The third-order valence-corrected chi connectivity index (χ3v) is 7.62. The van der Waals surface area contributed by atoms with E-state index < -0.39 is 0 Å². The summed E-state index contributed by atoms with van der Waals surface area (Å²) >= 11 is 3.46. The van der Waals surface area contributed by atoms with Crippen LogP contribution in [0.5, 0.6) is 0 Å². The van der Waals surface area contributed by atoms with Crippen molar-refractivity contribution in [2.24, 2.45) is 0 Å². The van der Waals surface area contributed by atoms with Gasteiger partial charge in [-0.25, -0.2) is 9.97 Å². The molecule has 0 radical (unpaired) electrons. The van der Waals surface area contributed by atoms with Crippen LogP contribution in [0, 0.1) is 6.92 Å². The number of benzene rings is 1. The van der Waals surface area contributed by atoms with Crippen LogP contribution in [-0.2, 0) is 12.8 Å². The monoisotopic (exact) mass is 394 g/mol. The van der Waals surface area contributed by atoms with E-state index in [0.29, 0.717) is 11.7 Å². The van der Waals surface area contributed by atoms with E-state index in [1.54, 1.807) is 11.8 Å². The smallest absolute Gasteiger partial charge is 0.173 e. The number of thioether (sulfide) groups is 1. The molecule has 2 aromatic heterocycles. The van der Waals surface area contributed by atoms with Crippen molar-refractivity contribution in [3.8, 4) is 0 Å². The van der Waals surface area contributed by atoms with Crippen molar-refractivity contribution in [3.05, 3.63) is 51.7 Å². The maximum absolute atomic E-state index is 12.7. The number of carbonyl (C=O) groups is 1. The number of Topliss-reactive ketones (excluding diaryl/α,β-unsaturated/α-hetero) is 1. The second-order valence-corrected chi connectivity index (χ2v) is 9.68. The van der Waals surface area contributed by atoms with E-state index >= 15 is 0 Å². The Morgan fingerprint density at radius 3 is 2.70 bits per heavy atom. The molecule has 138 valence electrons. The molecular formula is C22H22N2OS2. The lowest BCUT2D eigenvalue weighted by molar-refractivity contribution is 0.102. The minimum atomic E-state index is 0.170. The van der Waals surface area contributed by atoms with Gasteiger partial charge in [0, 0.05) is 21.7 Å². The van der Waals surface area contributed by atoms with Gasteiger partial charge in [0.2, 0.25) is 0 Å². The third-order valence-electron chi connectivity index (χ3n) is 5.45. The zero-order valence-electron chi connectivity index (χ0n) is 15.5. The Hall–Kier alpha value is -1.72. The Balaban J connectivity index is 1.48. The van der Waals surface area contributed by atoms with E-state index in [1.807, 2.05) is 42.5 Å². The average Bonchev–Trinajstić information content (AvgIpc) is 3.47. The molecule has 0 bridgehead atoms. The minimum Gasteiger partial charge on any atom is -0.293 e. The van der Waals surface area contributed by atoms with Crippen molar-refractivity contribution < 1.29 is 4.79 Å². The Bertz CT molecular complexity index is 1020. The summed E-state index contributed by atoms with van der Waals surface area (Å²) in [6, 6.07) is 7.86. The van der Waals surface area contributed by atoms with E-state index in [-0.39, 0.29) is 5.78 Å². The average molecular weight is 395 g/mol. The van der Waals surface area contributed by atoms with Gasteiger partial charge < -0.3 is 0 Å². The molecule has 2 heterocycles. The number of hydrogen-bond acceptors (Lipinski definition) is 5. The second kappa shape index (κ2) is 7.02. The summed E-state index contributed by atoms with van der Waals surface area (Å²) in [5.41, 5.74) is 3.41. The minimum absolute atomic E-state index is 0.170. The fourth-order valence-electron chi connectivity index (χ4n) is 3.73. The van der Waals surface area contributed by atoms with Crippen LogP contribution in [0.4, 0.5) is 0 Å². The van der Waals surface area contributed by atoms with Gasteiger partial charge in [-0.05, 0) is 51.0 Å². The first kappa shape index (κ1) is 17.4. The molecule has 27 heavy (non-hydrogen) atoms. The predicted octanol–water partition coefficient (Wildman–Crippen LogP) is 5.73. The van der Waals surface area contributed by atoms with Crippen molar-refractivity contribution >= 4 is 39.1 Å². The van der Waals surface area contributed by atoms with Crippen LogP contribution < -0.4 is 0 Å². The molecule has 0 saturated heterocycles. The van der Waals surface area contributed by atoms with Crippen LogP contribution in [0.2, 0.25) is 0 Å². The molecule has 0 N–H and O–H groups in total. The lowest BCUT2D eigenvalue weighted by Gasteiger charge is -2.12. The van der Waals surface area contributed by atoms with Crippen molar-refractivity contribution in [2.45, 2.75) is 56.4 Å². The van der Waals surface area contributed by atoms with Crippen molar-refractivity contribution in [1.29, 1.82) is 0 Å². The van der Waals surface area contributed by atoms with E-state index in [0.717, 1.165) is 27.7 Å². The predicted molar refractivity (Wildman–Crippen MR) is 112 cm³/mol. The second-order valence-electron chi connectivity index (χ2n) is 7.63. The number of rotatable bonds is 5. The molecule has 3 aromatic rings. The van der Waals surface area contributed by atoms with Gasteiger partial charge in [0.25, 0.3) is 0 Å². The summed E-state index contributed by atoms with van der Waals surface area (Å²) in [5, 5.41) is 2.27.